The Bertz CT molecular complexity index is 687. The van der Waals surface area contributed by atoms with Gasteiger partial charge in [0.25, 0.3) is 0 Å². The molecule has 0 spiro atoms. The van der Waals surface area contributed by atoms with Crippen LogP contribution in [0.2, 0.25) is 0 Å². The number of hydrogen-bond donors (Lipinski definition) is 1. The highest BCUT2D eigenvalue weighted by atomic mass is 16.5. The average Bonchev–Trinajstić information content (AvgIpc) is 2.70. The molecule has 8 heteroatoms. The molecule has 2 saturated heterocycles. The maximum absolute atomic E-state index is 5.90. The lowest BCUT2D eigenvalue weighted by molar-refractivity contribution is 0.0875. The van der Waals surface area contributed by atoms with Crippen molar-refractivity contribution in [2.24, 2.45) is 0 Å². The third-order valence-corrected chi connectivity index (χ3v) is 4.71. The van der Waals surface area contributed by atoms with E-state index in [1.165, 1.54) is 0 Å². The third kappa shape index (κ3) is 4.37. The summed E-state index contributed by atoms with van der Waals surface area (Å²) < 4.78 is 11.4. The molecule has 0 bridgehead atoms. The van der Waals surface area contributed by atoms with Crippen molar-refractivity contribution in [2.45, 2.75) is 37.8 Å². The zero-order valence-electron chi connectivity index (χ0n) is 14.8. The van der Waals surface area contributed by atoms with Crippen LogP contribution in [0.1, 0.15) is 25.7 Å². The van der Waals surface area contributed by atoms with E-state index in [2.05, 4.69) is 30.2 Å². The molecule has 0 radical (unpaired) electrons. The van der Waals surface area contributed by atoms with Gasteiger partial charge in [0.05, 0.1) is 18.8 Å². The molecular formula is C18H24N6O2. The van der Waals surface area contributed by atoms with Crippen molar-refractivity contribution < 1.29 is 9.47 Å². The molecule has 1 unspecified atom stereocenters. The minimum absolute atomic E-state index is 0.156. The molecule has 8 nitrogen and oxygen atoms in total. The largest absolute Gasteiger partial charge is 0.473 e. The Morgan fingerprint density at radius 2 is 2.04 bits per heavy atom. The van der Waals surface area contributed by atoms with Gasteiger partial charge in [-0.15, -0.1) is 0 Å². The summed E-state index contributed by atoms with van der Waals surface area (Å²) in [6.45, 7) is 3.32. The number of nitrogens with zero attached hydrogens (tertiary/aromatic N) is 5. The van der Waals surface area contributed by atoms with Crippen LogP contribution in [0.4, 0.5) is 11.8 Å². The number of nitrogens with one attached hydrogen (secondary N) is 1. The van der Waals surface area contributed by atoms with Crippen LogP contribution in [-0.2, 0) is 4.74 Å². The van der Waals surface area contributed by atoms with Gasteiger partial charge in [-0.05, 0) is 18.9 Å². The van der Waals surface area contributed by atoms with E-state index in [9.17, 15) is 0 Å². The van der Waals surface area contributed by atoms with Crippen LogP contribution in [0, 0.1) is 0 Å². The van der Waals surface area contributed by atoms with Gasteiger partial charge < -0.3 is 19.7 Å². The van der Waals surface area contributed by atoms with Crippen molar-refractivity contribution in [2.75, 3.05) is 36.5 Å². The van der Waals surface area contributed by atoms with Gasteiger partial charge in [0.15, 0.2) is 0 Å². The van der Waals surface area contributed by atoms with E-state index in [4.69, 9.17) is 9.47 Å². The van der Waals surface area contributed by atoms with Gasteiger partial charge in [0, 0.05) is 51.1 Å². The number of aromatic nitrogens is 4. The summed E-state index contributed by atoms with van der Waals surface area (Å²) in [6.07, 6.45) is 10.9. The zero-order chi connectivity index (χ0) is 17.6. The van der Waals surface area contributed by atoms with Gasteiger partial charge >= 0.3 is 0 Å². The summed E-state index contributed by atoms with van der Waals surface area (Å²) in [7, 11) is 0. The maximum Gasteiger partial charge on any atom is 0.232 e. The first-order valence-corrected chi connectivity index (χ1v) is 9.22. The van der Waals surface area contributed by atoms with Crippen molar-refractivity contribution in [3.8, 4) is 5.88 Å². The fourth-order valence-corrected chi connectivity index (χ4v) is 3.34. The van der Waals surface area contributed by atoms with Crippen LogP contribution in [-0.4, -0.2) is 58.4 Å². The fourth-order valence-electron chi connectivity index (χ4n) is 3.34. The van der Waals surface area contributed by atoms with Crippen molar-refractivity contribution in [3.63, 3.8) is 0 Å². The Balaban J connectivity index is 1.31. The number of rotatable bonds is 5. The second-order valence-corrected chi connectivity index (χ2v) is 6.65. The predicted octanol–water partition coefficient (Wildman–Crippen LogP) is 1.91. The standard InChI is InChI=1S/C18H24N6O2/c1-2-14(13-25-11-1)22-16-3-6-21-18(23-16)24-9-4-15(5-10-24)26-17-12-19-7-8-20-17/h3,6-8,12,14-15H,1-2,4-5,9-11,13H2,(H,21,22,23). The van der Waals surface area contributed by atoms with Crippen LogP contribution < -0.4 is 15.0 Å². The molecule has 1 N–H and O–H groups in total. The molecular weight excluding hydrogens is 332 g/mol. The second kappa shape index (κ2) is 8.27. The number of piperidine rings is 1. The van der Waals surface area contributed by atoms with E-state index in [1.807, 2.05) is 12.3 Å². The van der Waals surface area contributed by atoms with Crippen LogP contribution in [0.15, 0.2) is 30.9 Å². The van der Waals surface area contributed by atoms with E-state index in [-0.39, 0.29) is 6.10 Å². The first kappa shape index (κ1) is 17.0. The number of anilines is 2. The van der Waals surface area contributed by atoms with Gasteiger partial charge in [-0.2, -0.15) is 4.98 Å². The minimum atomic E-state index is 0.156. The van der Waals surface area contributed by atoms with Gasteiger partial charge in [-0.3, -0.25) is 4.98 Å². The third-order valence-electron chi connectivity index (χ3n) is 4.71. The summed E-state index contributed by atoms with van der Waals surface area (Å²) in [5.74, 6) is 2.22. The predicted molar refractivity (Wildman–Crippen MR) is 97.4 cm³/mol. The summed E-state index contributed by atoms with van der Waals surface area (Å²) in [5.41, 5.74) is 0. The smallest absolute Gasteiger partial charge is 0.232 e. The van der Waals surface area contributed by atoms with Gasteiger partial charge in [-0.25, -0.2) is 9.97 Å². The lowest BCUT2D eigenvalue weighted by atomic mass is 10.1. The van der Waals surface area contributed by atoms with Crippen molar-refractivity contribution in [1.29, 1.82) is 0 Å². The molecule has 2 fully saturated rings. The monoisotopic (exact) mass is 356 g/mol. The Kier molecular flexibility index (Phi) is 5.39. The highest BCUT2D eigenvalue weighted by Gasteiger charge is 2.23. The molecule has 4 rings (SSSR count). The van der Waals surface area contributed by atoms with E-state index in [1.54, 1.807) is 18.6 Å². The summed E-state index contributed by atoms with van der Waals surface area (Å²) in [5, 5.41) is 3.46. The molecule has 2 aromatic heterocycles. The van der Waals surface area contributed by atoms with Crippen LogP contribution >= 0.6 is 0 Å². The summed E-state index contributed by atoms with van der Waals surface area (Å²) >= 11 is 0. The molecule has 2 aromatic rings. The molecule has 0 aliphatic carbocycles. The Morgan fingerprint density at radius 1 is 1.12 bits per heavy atom. The van der Waals surface area contributed by atoms with E-state index in [0.29, 0.717) is 11.9 Å². The molecule has 0 amide bonds. The SMILES string of the molecule is c1cnc(OC2CCN(c3nccc(NC4CCCOC4)n3)CC2)cn1. The molecule has 0 aromatic carbocycles. The van der Waals surface area contributed by atoms with E-state index >= 15 is 0 Å². The Morgan fingerprint density at radius 3 is 2.81 bits per heavy atom. The number of ether oxygens (including phenoxy) is 2. The quantitative estimate of drug-likeness (QED) is 0.869. The van der Waals surface area contributed by atoms with Crippen molar-refractivity contribution >= 4 is 11.8 Å². The zero-order valence-corrected chi connectivity index (χ0v) is 14.8. The molecule has 138 valence electrons. The normalized spacial score (nSPS) is 21.4. The second-order valence-electron chi connectivity index (χ2n) is 6.65. The maximum atomic E-state index is 5.90. The fraction of sp³-hybridized carbons (Fsp3) is 0.556. The summed E-state index contributed by atoms with van der Waals surface area (Å²) in [4.78, 5) is 19.5. The first-order valence-electron chi connectivity index (χ1n) is 9.22. The van der Waals surface area contributed by atoms with Gasteiger partial charge in [0.1, 0.15) is 11.9 Å². The lowest BCUT2D eigenvalue weighted by Gasteiger charge is -2.32. The van der Waals surface area contributed by atoms with E-state index < -0.39 is 0 Å². The Hall–Kier alpha value is -2.48. The van der Waals surface area contributed by atoms with Crippen molar-refractivity contribution in [3.05, 3.63) is 30.9 Å². The molecule has 4 heterocycles. The van der Waals surface area contributed by atoms with Crippen LogP contribution in [0.3, 0.4) is 0 Å². The van der Waals surface area contributed by atoms with Crippen LogP contribution in [0.5, 0.6) is 5.88 Å². The average molecular weight is 356 g/mol. The molecule has 1 atom stereocenters. The van der Waals surface area contributed by atoms with Gasteiger partial charge in [0.2, 0.25) is 11.8 Å². The van der Waals surface area contributed by atoms with Gasteiger partial charge in [-0.1, -0.05) is 0 Å². The van der Waals surface area contributed by atoms with Crippen molar-refractivity contribution in [1.82, 2.24) is 19.9 Å². The summed E-state index contributed by atoms with van der Waals surface area (Å²) in [6, 6.07) is 2.25. The first-order chi connectivity index (χ1) is 12.9. The highest BCUT2D eigenvalue weighted by Crippen LogP contribution is 2.21. The molecule has 2 aliphatic heterocycles. The topological polar surface area (TPSA) is 85.3 Å². The number of hydrogen-bond acceptors (Lipinski definition) is 8. The molecule has 0 saturated carbocycles. The lowest BCUT2D eigenvalue weighted by Crippen LogP contribution is -2.39. The minimum Gasteiger partial charge on any atom is -0.473 e. The highest BCUT2D eigenvalue weighted by molar-refractivity contribution is 5.42. The molecule has 2 aliphatic rings. The Labute approximate surface area is 153 Å². The van der Waals surface area contributed by atoms with Crippen LogP contribution in [0.25, 0.3) is 0 Å². The van der Waals surface area contributed by atoms with E-state index in [0.717, 1.165) is 63.8 Å². The molecule has 26 heavy (non-hydrogen) atoms.